The summed E-state index contributed by atoms with van der Waals surface area (Å²) in [6.45, 7) is 1.79. The summed E-state index contributed by atoms with van der Waals surface area (Å²) in [7, 11) is 1.27. The minimum absolute atomic E-state index is 0.171. The van der Waals surface area contributed by atoms with Gasteiger partial charge in [0.25, 0.3) is 0 Å². The molecule has 0 spiro atoms. The Balaban J connectivity index is 1.83. The number of Topliss-reactive ketones (excluding diaryl/α,β-unsaturated/α-hetero) is 1. The number of rotatable bonds is 6. The largest absolute Gasteiger partial charge is 0.467 e. The molecule has 0 saturated carbocycles. The van der Waals surface area contributed by atoms with Crippen LogP contribution < -0.4 is 5.32 Å². The SMILES string of the molecule is CCC(NC1=C(c2cccc(C(F)(F)F)c2)C(=O)C(c2cccc3ccccc23)C1)C(=O)OC. The minimum Gasteiger partial charge on any atom is -0.467 e. The highest BCUT2D eigenvalue weighted by molar-refractivity contribution is 6.27. The molecule has 2 atom stereocenters. The summed E-state index contributed by atoms with van der Waals surface area (Å²) < 4.78 is 45.1. The van der Waals surface area contributed by atoms with Crippen molar-refractivity contribution in [1.82, 2.24) is 5.32 Å². The Kier molecular flexibility index (Phi) is 6.46. The van der Waals surface area contributed by atoms with Crippen LogP contribution in [-0.2, 0) is 20.5 Å². The number of carbonyl (C=O) groups excluding carboxylic acids is 2. The van der Waals surface area contributed by atoms with Gasteiger partial charge in [0.15, 0.2) is 5.78 Å². The predicted octanol–water partition coefficient (Wildman–Crippen LogP) is 5.87. The number of alkyl halides is 3. The van der Waals surface area contributed by atoms with Crippen LogP contribution in [0.3, 0.4) is 0 Å². The van der Waals surface area contributed by atoms with Gasteiger partial charge in [0.1, 0.15) is 6.04 Å². The third kappa shape index (κ3) is 4.42. The minimum atomic E-state index is -4.54. The van der Waals surface area contributed by atoms with E-state index < -0.39 is 29.7 Å². The first kappa shape index (κ1) is 23.5. The van der Waals surface area contributed by atoms with E-state index in [1.165, 1.54) is 19.2 Å². The summed E-state index contributed by atoms with van der Waals surface area (Å²) in [6.07, 6.45) is -3.91. The van der Waals surface area contributed by atoms with Crippen molar-refractivity contribution >= 4 is 28.1 Å². The van der Waals surface area contributed by atoms with E-state index in [9.17, 15) is 22.8 Å². The van der Waals surface area contributed by atoms with E-state index in [-0.39, 0.29) is 23.3 Å². The number of ketones is 1. The lowest BCUT2D eigenvalue weighted by molar-refractivity contribution is -0.143. The zero-order valence-electron chi connectivity index (χ0n) is 18.8. The van der Waals surface area contributed by atoms with Gasteiger partial charge in [-0.3, -0.25) is 4.79 Å². The number of ether oxygens (including phenoxy) is 1. The van der Waals surface area contributed by atoms with Crippen LogP contribution >= 0.6 is 0 Å². The highest BCUT2D eigenvalue weighted by Gasteiger charge is 2.38. The van der Waals surface area contributed by atoms with Crippen molar-refractivity contribution in [1.29, 1.82) is 0 Å². The van der Waals surface area contributed by atoms with Gasteiger partial charge in [-0.1, -0.05) is 61.5 Å². The Morgan fingerprint density at radius 3 is 2.50 bits per heavy atom. The van der Waals surface area contributed by atoms with Crippen molar-refractivity contribution in [2.45, 2.75) is 37.9 Å². The van der Waals surface area contributed by atoms with Crippen molar-refractivity contribution in [2.75, 3.05) is 7.11 Å². The lowest BCUT2D eigenvalue weighted by Gasteiger charge is -2.18. The highest BCUT2D eigenvalue weighted by atomic mass is 19.4. The van der Waals surface area contributed by atoms with E-state index in [1.54, 1.807) is 6.92 Å². The summed E-state index contributed by atoms with van der Waals surface area (Å²) >= 11 is 0. The van der Waals surface area contributed by atoms with Crippen molar-refractivity contribution in [3.05, 3.63) is 89.1 Å². The van der Waals surface area contributed by atoms with Crippen LogP contribution in [-0.4, -0.2) is 24.9 Å². The maximum atomic E-state index is 13.7. The molecule has 0 bridgehead atoms. The van der Waals surface area contributed by atoms with Gasteiger partial charge in [-0.25, -0.2) is 4.79 Å². The number of benzene rings is 3. The lowest BCUT2D eigenvalue weighted by atomic mass is 9.89. The molecule has 4 nitrogen and oxygen atoms in total. The van der Waals surface area contributed by atoms with Gasteiger partial charge in [0.2, 0.25) is 0 Å². The van der Waals surface area contributed by atoms with Gasteiger partial charge in [0.05, 0.1) is 18.6 Å². The van der Waals surface area contributed by atoms with E-state index in [4.69, 9.17) is 4.74 Å². The molecule has 1 N–H and O–H groups in total. The molecule has 1 aliphatic rings. The number of hydrogen-bond acceptors (Lipinski definition) is 4. The monoisotopic (exact) mass is 467 g/mol. The number of carbonyl (C=O) groups is 2. The molecule has 0 fully saturated rings. The number of esters is 1. The normalized spacial score (nSPS) is 17.2. The smallest absolute Gasteiger partial charge is 0.416 e. The second-order valence-electron chi connectivity index (χ2n) is 8.25. The van der Waals surface area contributed by atoms with Crippen LogP contribution in [0.1, 0.15) is 42.4 Å². The molecule has 0 aromatic heterocycles. The fraction of sp³-hybridized carbons (Fsp3) is 0.259. The van der Waals surface area contributed by atoms with Gasteiger partial charge in [-0.05, 0) is 40.5 Å². The Morgan fingerprint density at radius 2 is 1.79 bits per heavy atom. The van der Waals surface area contributed by atoms with E-state index in [0.717, 1.165) is 28.5 Å². The summed E-state index contributed by atoms with van der Waals surface area (Å²) in [6, 6.07) is 17.4. The average molecular weight is 467 g/mol. The summed E-state index contributed by atoms with van der Waals surface area (Å²) in [5, 5.41) is 4.98. The molecule has 3 aromatic carbocycles. The second-order valence-corrected chi connectivity index (χ2v) is 8.25. The van der Waals surface area contributed by atoms with Crippen LogP contribution in [0.15, 0.2) is 72.4 Å². The maximum Gasteiger partial charge on any atom is 0.416 e. The van der Waals surface area contributed by atoms with Crippen LogP contribution in [0.25, 0.3) is 16.3 Å². The molecule has 1 aliphatic carbocycles. The zero-order valence-corrected chi connectivity index (χ0v) is 18.8. The molecule has 7 heteroatoms. The van der Waals surface area contributed by atoms with Gasteiger partial charge in [0, 0.05) is 17.7 Å². The number of methoxy groups -OCH3 is 1. The molecular weight excluding hydrogens is 443 g/mol. The molecule has 4 rings (SSSR count). The molecule has 0 aliphatic heterocycles. The van der Waals surface area contributed by atoms with Gasteiger partial charge in [-0.15, -0.1) is 0 Å². The van der Waals surface area contributed by atoms with Crippen molar-refractivity contribution in [3.63, 3.8) is 0 Å². The molecule has 0 saturated heterocycles. The second kappa shape index (κ2) is 9.33. The zero-order chi connectivity index (χ0) is 24.5. The first-order chi connectivity index (χ1) is 16.2. The average Bonchev–Trinajstić information content (AvgIpc) is 3.16. The first-order valence-electron chi connectivity index (χ1n) is 11.0. The molecule has 3 aromatic rings. The number of hydrogen-bond donors (Lipinski definition) is 1. The van der Waals surface area contributed by atoms with Crippen molar-refractivity contribution in [2.24, 2.45) is 0 Å². The van der Waals surface area contributed by atoms with Crippen LogP contribution in [0.5, 0.6) is 0 Å². The topological polar surface area (TPSA) is 55.4 Å². The molecule has 176 valence electrons. The third-order valence-corrected chi connectivity index (χ3v) is 6.19. The van der Waals surface area contributed by atoms with Gasteiger partial charge in [-0.2, -0.15) is 13.2 Å². The van der Waals surface area contributed by atoms with Crippen LogP contribution in [0.4, 0.5) is 13.2 Å². The number of nitrogens with one attached hydrogen (secondary N) is 1. The number of fused-ring (bicyclic) bond motifs is 1. The summed E-state index contributed by atoms with van der Waals surface area (Å²) in [5.41, 5.74) is 0.754. The molecule has 0 heterocycles. The molecule has 34 heavy (non-hydrogen) atoms. The lowest BCUT2D eigenvalue weighted by Crippen LogP contribution is -2.36. The Bertz CT molecular complexity index is 1270. The standard InChI is InChI=1S/C27H24F3NO3/c1-3-22(26(33)34-2)31-23-15-21(20-13-7-9-16-8-4-5-12-19(16)20)25(32)24(23)17-10-6-11-18(14-17)27(28,29)30/h4-14,21-22,31H,3,15H2,1-2H3. The Labute approximate surface area is 195 Å². The van der Waals surface area contributed by atoms with Crippen LogP contribution in [0, 0.1) is 0 Å². The predicted molar refractivity (Wildman–Crippen MR) is 124 cm³/mol. The van der Waals surface area contributed by atoms with E-state index in [2.05, 4.69) is 5.32 Å². The van der Waals surface area contributed by atoms with Gasteiger partial charge < -0.3 is 10.1 Å². The summed E-state index contributed by atoms with van der Waals surface area (Å²) in [5.74, 6) is -1.37. The Hall–Kier alpha value is -3.61. The third-order valence-electron chi connectivity index (χ3n) is 6.19. The highest BCUT2D eigenvalue weighted by Crippen LogP contribution is 2.42. The van der Waals surface area contributed by atoms with E-state index in [0.29, 0.717) is 12.1 Å². The quantitative estimate of drug-likeness (QED) is 0.461. The molecular formula is C27H24F3NO3. The van der Waals surface area contributed by atoms with Gasteiger partial charge >= 0.3 is 12.1 Å². The van der Waals surface area contributed by atoms with Crippen LogP contribution in [0.2, 0.25) is 0 Å². The maximum absolute atomic E-state index is 13.7. The summed E-state index contributed by atoms with van der Waals surface area (Å²) in [4.78, 5) is 26.0. The fourth-order valence-corrected chi connectivity index (χ4v) is 4.51. The first-order valence-corrected chi connectivity index (χ1v) is 11.0. The number of halogens is 3. The van der Waals surface area contributed by atoms with E-state index in [1.807, 2.05) is 42.5 Å². The molecule has 0 amide bonds. The molecule has 0 radical (unpaired) electrons. The Morgan fingerprint density at radius 1 is 1.09 bits per heavy atom. The van der Waals surface area contributed by atoms with E-state index >= 15 is 0 Å². The fourth-order valence-electron chi connectivity index (χ4n) is 4.51. The molecule has 2 unspecified atom stereocenters. The van der Waals surface area contributed by atoms with Crippen molar-refractivity contribution in [3.8, 4) is 0 Å². The van der Waals surface area contributed by atoms with Crippen molar-refractivity contribution < 1.29 is 27.5 Å². The number of allylic oxidation sites excluding steroid dienone is 2.